The average Bonchev–Trinajstić information content (AvgIpc) is 2.60. The molecule has 0 radical (unpaired) electrons. The lowest BCUT2D eigenvalue weighted by Gasteiger charge is -2.28. The van der Waals surface area contributed by atoms with Crippen molar-refractivity contribution in [2.45, 2.75) is 58.4 Å². The van der Waals surface area contributed by atoms with Crippen molar-refractivity contribution in [3.63, 3.8) is 0 Å². The first-order valence-corrected chi connectivity index (χ1v) is 9.27. The highest BCUT2D eigenvalue weighted by atomic mass is 16.5. The molecule has 6 heteroatoms. The van der Waals surface area contributed by atoms with Gasteiger partial charge in [-0.2, -0.15) is 0 Å². The number of phenolic OH excluding ortho intramolecular Hbond substituents is 1. The molecular formula is C20H28N2O4. The molecule has 1 atom stereocenters. The Morgan fingerprint density at radius 2 is 1.92 bits per heavy atom. The maximum atomic E-state index is 12.6. The molecule has 0 bridgehead atoms. The average molecular weight is 360 g/mol. The van der Waals surface area contributed by atoms with Crippen molar-refractivity contribution in [3.8, 4) is 5.75 Å². The van der Waals surface area contributed by atoms with Crippen molar-refractivity contribution in [2.75, 3.05) is 6.61 Å². The van der Waals surface area contributed by atoms with E-state index in [0.29, 0.717) is 23.4 Å². The standard InChI is InChI=1S/C20H28N2O4/c1-3-4-5-6-7-8-12-26-19(24)17-14(2)21-20(25)22-18(17)15-10-9-11-16(23)13-15/h9-11,13,18,23H,3-8,12H2,1-2H3,(H2,21,22,25). The Labute approximate surface area is 154 Å². The lowest BCUT2D eigenvalue weighted by molar-refractivity contribution is -0.139. The summed E-state index contributed by atoms with van der Waals surface area (Å²) in [6.45, 7) is 4.22. The van der Waals surface area contributed by atoms with Crippen molar-refractivity contribution in [3.05, 3.63) is 41.1 Å². The van der Waals surface area contributed by atoms with Gasteiger partial charge < -0.3 is 20.5 Å². The highest BCUT2D eigenvalue weighted by Crippen LogP contribution is 2.29. The summed E-state index contributed by atoms with van der Waals surface area (Å²) in [5, 5.41) is 15.0. The molecule has 3 N–H and O–H groups in total. The van der Waals surface area contributed by atoms with E-state index < -0.39 is 12.0 Å². The largest absolute Gasteiger partial charge is 0.508 e. The van der Waals surface area contributed by atoms with Crippen molar-refractivity contribution >= 4 is 12.0 Å². The second-order valence-corrected chi connectivity index (χ2v) is 6.57. The van der Waals surface area contributed by atoms with Gasteiger partial charge in [0, 0.05) is 5.70 Å². The summed E-state index contributed by atoms with van der Waals surface area (Å²) >= 11 is 0. The summed E-state index contributed by atoms with van der Waals surface area (Å²) in [6.07, 6.45) is 6.68. The summed E-state index contributed by atoms with van der Waals surface area (Å²) in [7, 11) is 0. The van der Waals surface area contributed by atoms with Crippen molar-refractivity contribution in [1.29, 1.82) is 0 Å². The van der Waals surface area contributed by atoms with Gasteiger partial charge in [0.25, 0.3) is 0 Å². The summed E-state index contributed by atoms with van der Waals surface area (Å²) in [4.78, 5) is 24.4. The molecule has 1 aliphatic heterocycles. The van der Waals surface area contributed by atoms with Gasteiger partial charge in [-0.3, -0.25) is 0 Å². The minimum absolute atomic E-state index is 0.0766. The van der Waals surface area contributed by atoms with Gasteiger partial charge in [-0.15, -0.1) is 0 Å². The molecule has 1 aromatic carbocycles. The molecule has 0 aromatic heterocycles. The summed E-state index contributed by atoms with van der Waals surface area (Å²) < 4.78 is 5.43. The summed E-state index contributed by atoms with van der Waals surface area (Å²) in [6, 6.07) is 5.47. The fourth-order valence-corrected chi connectivity index (χ4v) is 3.04. The van der Waals surface area contributed by atoms with E-state index >= 15 is 0 Å². The number of carbonyl (C=O) groups is 2. The van der Waals surface area contributed by atoms with Crippen molar-refractivity contribution in [2.24, 2.45) is 0 Å². The second-order valence-electron chi connectivity index (χ2n) is 6.57. The predicted octanol–water partition coefficient (Wildman–Crippen LogP) is 3.92. The van der Waals surface area contributed by atoms with E-state index in [4.69, 9.17) is 4.74 Å². The van der Waals surface area contributed by atoms with Crippen molar-refractivity contribution in [1.82, 2.24) is 10.6 Å². The number of urea groups is 1. The minimum atomic E-state index is -0.645. The number of hydrogen-bond donors (Lipinski definition) is 3. The zero-order valence-electron chi connectivity index (χ0n) is 15.5. The van der Waals surface area contributed by atoms with Crippen molar-refractivity contribution < 1.29 is 19.4 Å². The summed E-state index contributed by atoms with van der Waals surface area (Å²) in [5.41, 5.74) is 1.46. The highest BCUT2D eigenvalue weighted by molar-refractivity contribution is 5.95. The quantitative estimate of drug-likeness (QED) is 0.460. The third kappa shape index (κ3) is 5.51. The van der Waals surface area contributed by atoms with E-state index in [1.165, 1.54) is 25.3 Å². The highest BCUT2D eigenvalue weighted by Gasteiger charge is 2.32. The molecular weight excluding hydrogens is 332 g/mol. The molecule has 0 saturated carbocycles. The third-order valence-electron chi connectivity index (χ3n) is 4.42. The molecule has 2 amide bonds. The van der Waals surface area contributed by atoms with Gasteiger partial charge in [-0.05, 0) is 31.0 Å². The molecule has 26 heavy (non-hydrogen) atoms. The van der Waals surface area contributed by atoms with E-state index in [1.807, 2.05) is 0 Å². The Hall–Kier alpha value is -2.50. The number of allylic oxidation sites excluding steroid dienone is 1. The molecule has 0 saturated heterocycles. The van der Waals surface area contributed by atoms with Gasteiger partial charge in [-0.1, -0.05) is 51.2 Å². The molecule has 0 aliphatic carbocycles. The minimum Gasteiger partial charge on any atom is -0.508 e. The number of carbonyl (C=O) groups excluding carboxylic acids is 2. The zero-order valence-corrected chi connectivity index (χ0v) is 15.5. The van der Waals surface area contributed by atoms with Gasteiger partial charge in [0.05, 0.1) is 18.2 Å². The van der Waals surface area contributed by atoms with Gasteiger partial charge in [0.1, 0.15) is 5.75 Å². The number of rotatable bonds is 9. The normalized spacial score (nSPS) is 16.8. The van der Waals surface area contributed by atoms with Crippen LogP contribution < -0.4 is 10.6 Å². The van der Waals surface area contributed by atoms with Crippen LogP contribution in [0, 0.1) is 0 Å². The van der Waals surface area contributed by atoms with Crippen LogP contribution in [0.4, 0.5) is 4.79 Å². The SMILES string of the molecule is CCCCCCCCOC(=O)C1=C(C)NC(=O)NC1c1cccc(O)c1. The number of unbranched alkanes of at least 4 members (excludes halogenated alkanes) is 5. The molecule has 142 valence electrons. The fraction of sp³-hybridized carbons (Fsp3) is 0.500. The Morgan fingerprint density at radius 3 is 2.65 bits per heavy atom. The number of aromatic hydroxyl groups is 1. The summed E-state index contributed by atoms with van der Waals surface area (Å²) in [5.74, 6) is -0.371. The van der Waals surface area contributed by atoms with E-state index in [2.05, 4.69) is 17.6 Å². The monoisotopic (exact) mass is 360 g/mol. The molecule has 1 unspecified atom stereocenters. The molecule has 0 spiro atoms. The Morgan fingerprint density at radius 1 is 1.19 bits per heavy atom. The van der Waals surface area contributed by atoms with Crippen LogP contribution in [0.25, 0.3) is 0 Å². The molecule has 1 aliphatic rings. The lowest BCUT2D eigenvalue weighted by Crippen LogP contribution is -2.45. The lowest BCUT2D eigenvalue weighted by atomic mass is 9.95. The molecule has 0 fully saturated rings. The Bertz CT molecular complexity index is 670. The first kappa shape index (κ1) is 19.8. The first-order chi connectivity index (χ1) is 12.5. The van der Waals surface area contributed by atoms with E-state index in [0.717, 1.165) is 19.3 Å². The molecule has 1 aromatic rings. The van der Waals surface area contributed by atoms with Crippen LogP contribution in [0.15, 0.2) is 35.5 Å². The second kappa shape index (κ2) is 9.85. The zero-order chi connectivity index (χ0) is 18.9. The molecule has 2 rings (SSSR count). The molecule has 1 heterocycles. The van der Waals surface area contributed by atoms with Crippen LogP contribution in [0.1, 0.15) is 64.0 Å². The number of ether oxygens (including phenoxy) is 1. The van der Waals surface area contributed by atoms with Crippen LogP contribution in [-0.2, 0) is 9.53 Å². The number of benzene rings is 1. The van der Waals surface area contributed by atoms with Crippen LogP contribution >= 0.6 is 0 Å². The fourth-order valence-electron chi connectivity index (χ4n) is 3.04. The topological polar surface area (TPSA) is 87.7 Å². The number of nitrogens with one attached hydrogen (secondary N) is 2. The van der Waals surface area contributed by atoms with Gasteiger partial charge in [-0.25, -0.2) is 9.59 Å². The van der Waals surface area contributed by atoms with Crippen LogP contribution in [-0.4, -0.2) is 23.7 Å². The number of amides is 2. The van der Waals surface area contributed by atoms with Crippen LogP contribution in [0.3, 0.4) is 0 Å². The van der Waals surface area contributed by atoms with Gasteiger partial charge in [0.2, 0.25) is 0 Å². The smallest absolute Gasteiger partial charge is 0.338 e. The van der Waals surface area contributed by atoms with Crippen LogP contribution in [0.5, 0.6) is 5.75 Å². The number of phenols is 1. The Balaban J connectivity index is 2.00. The Kier molecular flexibility index (Phi) is 7.51. The van der Waals surface area contributed by atoms with Gasteiger partial charge in [0.15, 0.2) is 0 Å². The predicted molar refractivity (Wildman–Crippen MR) is 99.6 cm³/mol. The maximum Gasteiger partial charge on any atom is 0.338 e. The third-order valence-corrected chi connectivity index (χ3v) is 4.42. The van der Waals surface area contributed by atoms with Crippen LogP contribution in [0.2, 0.25) is 0 Å². The maximum absolute atomic E-state index is 12.6. The first-order valence-electron chi connectivity index (χ1n) is 9.27. The number of esters is 1. The molecule has 6 nitrogen and oxygen atoms in total. The van der Waals surface area contributed by atoms with E-state index in [1.54, 1.807) is 25.1 Å². The van der Waals surface area contributed by atoms with Gasteiger partial charge >= 0.3 is 12.0 Å². The van der Waals surface area contributed by atoms with E-state index in [-0.39, 0.29) is 11.8 Å². The van der Waals surface area contributed by atoms with E-state index in [9.17, 15) is 14.7 Å². The number of hydrogen-bond acceptors (Lipinski definition) is 4.